The van der Waals surface area contributed by atoms with Crippen LogP contribution in [0.4, 0.5) is 11.5 Å². The van der Waals surface area contributed by atoms with Crippen LogP contribution in [0.15, 0.2) is 23.5 Å². The lowest BCUT2D eigenvalue weighted by atomic mass is 9.86. The zero-order chi connectivity index (χ0) is 22.4. The van der Waals surface area contributed by atoms with Crippen LogP contribution in [0.3, 0.4) is 0 Å². The second kappa shape index (κ2) is 8.16. The number of benzene rings is 1. The Hall–Kier alpha value is -3.00. The van der Waals surface area contributed by atoms with Crippen LogP contribution in [0.1, 0.15) is 41.8 Å². The number of nitrogens with one attached hydrogen (secondary N) is 1. The topological polar surface area (TPSA) is 79.7 Å². The highest BCUT2D eigenvalue weighted by atomic mass is 32.1. The fourth-order valence-electron chi connectivity index (χ4n) is 4.49. The van der Waals surface area contributed by atoms with Crippen LogP contribution in [0.5, 0.6) is 5.75 Å². The van der Waals surface area contributed by atoms with Crippen LogP contribution in [0.25, 0.3) is 10.2 Å². The molecule has 3 aromatic rings. The van der Waals surface area contributed by atoms with Crippen molar-refractivity contribution in [2.45, 2.75) is 45.7 Å². The first-order valence-electron chi connectivity index (χ1n) is 11.0. The molecule has 0 fully saturated rings. The van der Waals surface area contributed by atoms with E-state index >= 15 is 0 Å². The minimum absolute atomic E-state index is 0.0309. The molecule has 1 aromatic carbocycles. The number of fused-ring (bicyclic) bond motifs is 4. The zero-order valence-electron chi connectivity index (χ0n) is 18.8. The molecule has 8 heteroatoms. The van der Waals surface area contributed by atoms with Crippen LogP contribution < -0.4 is 10.1 Å². The fourth-order valence-corrected chi connectivity index (χ4v) is 5.76. The lowest BCUT2D eigenvalue weighted by molar-refractivity contribution is -0.136. The summed E-state index contributed by atoms with van der Waals surface area (Å²) in [5, 5.41) is 4.56. The van der Waals surface area contributed by atoms with E-state index in [1.807, 2.05) is 24.2 Å². The fraction of sp³-hybridized carbons (Fsp3) is 0.417. The maximum absolute atomic E-state index is 12.9. The summed E-state index contributed by atoms with van der Waals surface area (Å²) in [5.41, 5.74) is 4.39. The Kier molecular flexibility index (Phi) is 5.33. The molecule has 0 saturated heterocycles. The molecule has 5 rings (SSSR count). The second-order valence-corrected chi connectivity index (χ2v) is 9.82. The SMILES string of the molecule is COc1cc2c(cc1Nc1ncnc3sc4c(c13)CC[C@@H](C(=O)N(C)C(C)C)C4)C=NC2. The number of carbonyl (C=O) groups is 1. The highest BCUT2D eigenvalue weighted by Crippen LogP contribution is 2.42. The van der Waals surface area contributed by atoms with Gasteiger partial charge in [0.05, 0.1) is 24.7 Å². The van der Waals surface area contributed by atoms with Crippen molar-refractivity contribution in [3.05, 3.63) is 40.0 Å². The van der Waals surface area contributed by atoms with Crippen LogP contribution >= 0.6 is 11.3 Å². The van der Waals surface area contributed by atoms with Crippen LogP contribution in [-0.2, 0) is 24.2 Å². The molecule has 3 heterocycles. The molecule has 1 aliphatic heterocycles. The number of hydrogen-bond acceptors (Lipinski definition) is 7. The molecule has 1 aliphatic carbocycles. The summed E-state index contributed by atoms with van der Waals surface area (Å²) in [5.74, 6) is 1.82. The maximum atomic E-state index is 12.9. The molecule has 7 nitrogen and oxygen atoms in total. The number of aromatic nitrogens is 2. The number of amides is 1. The Morgan fingerprint density at radius 2 is 2.16 bits per heavy atom. The molecule has 32 heavy (non-hydrogen) atoms. The van der Waals surface area contributed by atoms with Gasteiger partial charge < -0.3 is 15.0 Å². The highest BCUT2D eigenvalue weighted by Gasteiger charge is 2.31. The van der Waals surface area contributed by atoms with E-state index < -0.39 is 0 Å². The monoisotopic (exact) mass is 449 g/mol. The van der Waals surface area contributed by atoms with Gasteiger partial charge in [0.25, 0.3) is 0 Å². The molecule has 0 bridgehead atoms. The van der Waals surface area contributed by atoms with Gasteiger partial charge in [0, 0.05) is 30.1 Å². The van der Waals surface area contributed by atoms with Crippen LogP contribution in [0.2, 0.25) is 0 Å². The molecule has 1 N–H and O–H groups in total. The lowest BCUT2D eigenvalue weighted by Crippen LogP contribution is -2.39. The number of aryl methyl sites for hydroxylation is 1. The highest BCUT2D eigenvalue weighted by molar-refractivity contribution is 7.19. The van der Waals surface area contributed by atoms with Crippen molar-refractivity contribution >= 4 is 45.2 Å². The van der Waals surface area contributed by atoms with Gasteiger partial charge in [-0.05, 0) is 61.9 Å². The number of nitrogens with zero attached hydrogens (tertiary/aromatic N) is 4. The van der Waals surface area contributed by atoms with E-state index in [2.05, 4.69) is 40.2 Å². The molecular weight excluding hydrogens is 422 g/mol. The van der Waals surface area contributed by atoms with Crippen molar-refractivity contribution in [1.29, 1.82) is 0 Å². The predicted octanol–water partition coefficient (Wildman–Crippen LogP) is 4.35. The number of rotatable bonds is 5. The third kappa shape index (κ3) is 3.52. The molecule has 0 unspecified atom stereocenters. The summed E-state index contributed by atoms with van der Waals surface area (Å²) in [6, 6.07) is 4.31. The zero-order valence-corrected chi connectivity index (χ0v) is 19.6. The quantitative estimate of drug-likeness (QED) is 0.627. The number of anilines is 2. The summed E-state index contributed by atoms with van der Waals surface area (Å²) in [6.45, 7) is 4.80. The molecule has 166 valence electrons. The van der Waals surface area contributed by atoms with E-state index in [1.165, 1.54) is 10.4 Å². The summed E-state index contributed by atoms with van der Waals surface area (Å²) >= 11 is 1.68. The molecule has 0 radical (unpaired) electrons. The smallest absolute Gasteiger partial charge is 0.226 e. The molecule has 1 amide bonds. The first-order valence-corrected chi connectivity index (χ1v) is 11.8. The van der Waals surface area contributed by atoms with Gasteiger partial charge in [0.15, 0.2) is 0 Å². The van der Waals surface area contributed by atoms with E-state index in [0.29, 0.717) is 6.54 Å². The first-order chi connectivity index (χ1) is 15.5. The van der Waals surface area contributed by atoms with Crippen molar-refractivity contribution in [3.8, 4) is 5.75 Å². The average molecular weight is 450 g/mol. The van der Waals surface area contributed by atoms with Crippen molar-refractivity contribution in [1.82, 2.24) is 14.9 Å². The average Bonchev–Trinajstić information content (AvgIpc) is 3.40. The van der Waals surface area contributed by atoms with Crippen molar-refractivity contribution in [3.63, 3.8) is 0 Å². The molecular formula is C24H27N5O2S. The Labute approximate surface area is 191 Å². The number of thiophene rings is 1. The van der Waals surface area contributed by atoms with Gasteiger partial charge in [-0.15, -0.1) is 11.3 Å². The number of carbonyl (C=O) groups excluding carboxylic acids is 1. The van der Waals surface area contributed by atoms with E-state index in [1.54, 1.807) is 24.8 Å². The first kappa shape index (κ1) is 20.9. The van der Waals surface area contributed by atoms with Crippen molar-refractivity contribution in [2.75, 3.05) is 19.5 Å². The predicted molar refractivity (Wildman–Crippen MR) is 128 cm³/mol. The molecule has 0 saturated carbocycles. The lowest BCUT2D eigenvalue weighted by Gasteiger charge is -2.29. The Morgan fingerprint density at radius 1 is 1.31 bits per heavy atom. The third-order valence-electron chi connectivity index (χ3n) is 6.52. The summed E-state index contributed by atoms with van der Waals surface area (Å²) in [6.07, 6.45) is 5.97. The van der Waals surface area contributed by atoms with E-state index in [-0.39, 0.29) is 17.9 Å². The third-order valence-corrected chi connectivity index (χ3v) is 7.69. The molecule has 2 aliphatic rings. The van der Waals surface area contributed by atoms with Crippen molar-refractivity contribution in [2.24, 2.45) is 10.9 Å². The molecule has 1 atom stereocenters. The van der Waals surface area contributed by atoms with Gasteiger partial charge >= 0.3 is 0 Å². The van der Waals surface area contributed by atoms with Gasteiger partial charge in [-0.25, -0.2) is 9.97 Å². The maximum Gasteiger partial charge on any atom is 0.226 e. The number of hydrogen-bond donors (Lipinski definition) is 1. The normalized spacial score (nSPS) is 16.8. The largest absolute Gasteiger partial charge is 0.495 e. The van der Waals surface area contributed by atoms with Crippen LogP contribution in [-0.4, -0.2) is 47.2 Å². The molecule has 0 spiro atoms. The van der Waals surface area contributed by atoms with Gasteiger partial charge in [0.1, 0.15) is 22.7 Å². The van der Waals surface area contributed by atoms with Gasteiger partial charge in [-0.3, -0.25) is 9.79 Å². The minimum atomic E-state index is 0.0309. The Balaban J connectivity index is 1.49. The summed E-state index contributed by atoms with van der Waals surface area (Å²) < 4.78 is 5.63. The Morgan fingerprint density at radius 3 is 2.94 bits per heavy atom. The van der Waals surface area contributed by atoms with Crippen LogP contribution in [0, 0.1) is 5.92 Å². The van der Waals surface area contributed by atoms with E-state index in [0.717, 1.165) is 57.9 Å². The second-order valence-electron chi connectivity index (χ2n) is 8.73. The van der Waals surface area contributed by atoms with E-state index in [9.17, 15) is 4.79 Å². The van der Waals surface area contributed by atoms with E-state index in [4.69, 9.17) is 4.74 Å². The summed E-state index contributed by atoms with van der Waals surface area (Å²) in [7, 11) is 3.58. The number of methoxy groups -OCH3 is 1. The van der Waals surface area contributed by atoms with Crippen molar-refractivity contribution < 1.29 is 9.53 Å². The summed E-state index contributed by atoms with van der Waals surface area (Å²) in [4.78, 5) is 30.4. The number of ether oxygens (including phenoxy) is 1. The van der Waals surface area contributed by atoms with Gasteiger partial charge in [-0.1, -0.05) is 0 Å². The standard InChI is InChI=1S/C24H27N5O2S/c1-13(2)29(3)24(30)14-5-6-17-20(9-14)32-23-21(17)22(26-12-27-23)28-18-7-15-10-25-11-16(15)8-19(18)31-4/h7-8,10,12-14H,5-6,9,11H2,1-4H3,(H,26,27,28)/t14-/m1/s1. The molecule has 2 aromatic heterocycles. The number of aliphatic imine (C=N–C) groups is 1. The van der Waals surface area contributed by atoms with Gasteiger partial charge in [0.2, 0.25) is 5.91 Å². The minimum Gasteiger partial charge on any atom is -0.495 e. The van der Waals surface area contributed by atoms with Gasteiger partial charge in [-0.2, -0.15) is 0 Å². The Bertz CT molecular complexity index is 1230.